The molecule has 1 aromatic rings. The summed E-state index contributed by atoms with van der Waals surface area (Å²) >= 11 is 0. The summed E-state index contributed by atoms with van der Waals surface area (Å²) in [6.07, 6.45) is 0. The number of methoxy groups -OCH3 is 1. The third-order valence-corrected chi connectivity index (χ3v) is 2.60. The normalized spacial score (nSPS) is 11.7. The monoisotopic (exact) mass is 237 g/mol. The quantitative estimate of drug-likeness (QED) is 0.855. The van der Waals surface area contributed by atoms with E-state index in [9.17, 15) is 9.59 Å². The summed E-state index contributed by atoms with van der Waals surface area (Å²) < 4.78 is 5.06. The van der Waals surface area contributed by atoms with E-state index < -0.39 is 12.0 Å². The number of carboxylic acid groups (broad SMARTS) is 1. The van der Waals surface area contributed by atoms with Gasteiger partial charge in [-0.3, -0.25) is 4.79 Å². The molecule has 0 spiro atoms. The lowest BCUT2D eigenvalue weighted by molar-refractivity contribution is -0.141. The van der Waals surface area contributed by atoms with Crippen LogP contribution in [0.15, 0.2) is 24.3 Å². The Bertz CT molecular complexity index is 430. The van der Waals surface area contributed by atoms with E-state index in [-0.39, 0.29) is 5.91 Å². The number of nitrogens with zero attached hydrogens (tertiary/aromatic N) is 1. The zero-order chi connectivity index (χ0) is 13.0. The number of rotatable bonds is 4. The van der Waals surface area contributed by atoms with Crippen molar-refractivity contribution < 1.29 is 19.4 Å². The van der Waals surface area contributed by atoms with Gasteiger partial charge in [0.1, 0.15) is 11.8 Å². The molecule has 0 saturated carbocycles. The molecule has 0 bridgehead atoms. The van der Waals surface area contributed by atoms with E-state index in [0.717, 1.165) is 0 Å². The van der Waals surface area contributed by atoms with E-state index in [1.54, 1.807) is 24.3 Å². The summed E-state index contributed by atoms with van der Waals surface area (Å²) in [5, 5.41) is 8.85. The van der Waals surface area contributed by atoms with Crippen LogP contribution in [0.2, 0.25) is 0 Å². The van der Waals surface area contributed by atoms with Crippen molar-refractivity contribution >= 4 is 11.9 Å². The number of aliphatic carboxylic acids is 1. The maximum atomic E-state index is 12.1. The van der Waals surface area contributed by atoms with Crippen LogP contribution in [0.4, 0.5) is 0 Å². The van der Waals surface area contributed by atoms with Crippen LogP contribution in [0.25, 0.3) is 0 Å². The second-order valence-corrected chi connectivity index (χ2v) is 3.63. The molecular weight excluding hydrogens is 222 g/mol. The Hall–Kier alpha value is -2.04. The van der Waals surface area contributed by atoms with Gasteiger partial charge in [0.05, 0.1) is 12.7 Å². The lowest BCUT2D eigenvalue weighted by Gasteiger charge is -2.22. The minimum absolute atomic E-state index is 0.352. The van der Waals surface area contributed by atoms with Crippen molar-refractivity contribution in [2.45, 2.75) is 13.0 Å². The smallest absolute Gasteiger partial charge is 0.326 e. The molecule has 0 aliphatic heterocycles. The second kappa shape index (κ2) is 5.34. The number of hydrogen-bond acceptors (Lipinski definition) is 3. The number of ether oxygens (including phenoxy) is 1. The highest BCUT2D eigenvalue weighted by Crippen LogP contribution is 2.19. The van der Waals surface area contributed by atoms with E-state index in [4.69, 9.17) is 9.84 Å². The molecular formula is C12H15NO4. The third-order valence-electron chi connectivity index (χ3n) is 2.60. The lowest BCUT2D eigenvalue weighted by Crippen LogP contribution is -2.40. The molecule has 0 heterocycles. The van der Waals surface area contributed by atoms with Gasteiger partial charge >= 0.3 is 5.97 Å². The zero-order valence-electron chi connectivity index (χ0n) is 10.0. The molecule has 92 valence electrons. The lowest BCUT2D eigenvalue weighted by atomic mass is 10.1. The molecule has 1 N–H and O–H groups in total. The van der Waals surface area contributed by atoms with Gasteiger partial charge in [-0.05, 0) is 19.1 Å². The highest BCUT2D eigenvalue weighted by molar-refractivity contribution is 5.98. The van der Waals surface area contributed by atoms with E-state index in [1.807, 2.05) is 0 Å². The fourth-order valence-corrected chi connectivity index (χ4v) is 1.35. The van der Waals surface area contributed by atoms with Crippen LogP contribution in [0.3, 0.4) is 0 Å². The fourth-order valence-electron chi connectivity index (χ4n) is 1.35. The van der Waals surface area contributed by atoms with Gasteiger partial charge in [0.25, 0.3) is 5.91 Å². The second-order valence-electron chi connectivity index (χ2n) is 3.63. The summed E-state index contributed by atoms with van der Waals surface area (Å²) in [4.78, 5) is 24.0. The molecule has 1 rings (SSSR count). The number of carboxylic acids is 1. The van der Waals surface area contributed by atoms with Crippen LogP contribution in [0.1, 0.15) is 17.3 Å². The Balaban J connectivity index is 3.00. The molecule has 1 unspecified atom stereocenters. The average molecular weight is 237 g/mol. The minimum Gasteiger partial charge on any atom is -0.496 e. The molecule has 0 aliphatic rings. The van der Waals surface area contributed by atoms with Gasteiger partial charge in [0.15, 0.2) is 0 Å². The van der Waals surface area contributed by atoms with Gasteiger partial charge in [-0.25, -0.2) is 4.79 Å². The topological polar surface area (TPSA) is 66.8 Å². The van der Waals surface area contributed by atoms with Crippen LogP contribution in [-0.2, 0) is 4.79 Å². The van der Waals surface area contributed by atoms with E-state index in [1.165, 1.54) is 26.0 Å². The first-order valence-electron chi connectivity index (χ1n) is 5.12. The van der Waals surface area contributed by atoms with E-state index in [0.29, 0.717) is 11.3 Å². The summed E-state index contributed by atoms with van der Waals surface area (Å²) in [6.45, 7) is 1.45. The van der Waals surface area contributed by atoms with Gasteiger partial charge < -0.3 is 14.7 Å². The summed E-state index contributed by atoms with van der Waals surface area (Å²) in [6, 6.07) is 5.83. The Labute approximate surface area is 99.6 Å². The van der Waals surface area contributed by atoms with Crippen LogP contribution in [0.5, 0.6) is 5.75 Å². The molecule has 1 aromatic carbocycles. The van der Waals surface area contributed by atoms with Crippen molar-refractivity contribution in [1.29, 1.82) is 0 Å². The van der Waals surface area contributed by atoms with Gasteiger partial charge in [0.2, 0.25) is 0 Å². The van der Waals surface area contributed by atoms with Crippen molar-refractivity contribution in [2.24, 2.45) is 0 Å². The van der Waals surface area contributed by atoms with Crippen molar-refractivity contribution in [1.82, 2.24) is 4.90 Å². The number of para-hydroxylation sites is 1. The number of carbonyl (C=O) groups excluding carboxylic acids is 1. The number of carbonyl (C=O) groups is 2. The van der Waals surface area contributed by atoms with Gasteiger partial charge in [-0.15, -0.1) is 0 Å². The Kier molecular flexibility index (Phi) is 4.09. The number of hydrogen-bond donors (Lipinski definition) is 1. The molecule has 5 heteroatoms. The van der Waals surface area contributed by atoms with Gasteiger partial charge in [-0.1, -0.05) is 12.1 Å². The average Bonchev–Trinajstić information content (AvgIpc) is 2.35. The van der Waals surface area contributed by atoms with Crippen LogP contribution in [0, 0.1) is 0 Å². The molecule has 0 radical (unpaired) electrons. The number of benzene rings is 1. The first kappa shape index (κ1) is 13.0. The predicted molar refractivity (Wildman–Crippen MR) is 62.2 cm³/mol. The Morgan fingerprint density at radius 2 is 1.94 bits per heavy atom. The van der Waals surface area contributed by atoms with Gasteiger partial charge in [0, 0.05) is 7.05 Å². The van der Waals surface area contributed by atoms with Crippen molar-refractivity contribution in [3.8, 4) is 5.75 Å². The molecule has 0 saturated heterocycles. The van der Waals surface area contributed by atoms with Gasteiger partial charge in [-0.2, -0.15) is 0 Å². The molecule has 0 fully saturated rings. The van der Waals surface area contributed by atoms with Crippen LogP contribution in [-0.4, -0.2) is 42.1 Å². The summed E-state index contributed by atoms with van der Waals surface area (Å²) in [5.41, 5.74) is 0.352. The SMILES string of the molecule is COc1ccccc1C(=O)N(C)C(C)C(=O)O. The Morgan fingerprint density at radius 3 is 2.47 bits per heavy atom. The van der Waals surface area contributed by atoms with Crippen molar-refractivity contribution in [2.75, 3.05) is 14.2 Å². The summed E-state index contributed by atoms with van der Waals surface area (Å²) in [5.74, 6) is -0.991. The van der Waals surface area contributed by atoms with E-state index in [2.05, 4.69) is 0 Å². The molecule has 5 nitrogen and oxygen atoms in total. The molecule has 1 atom stereocenters. The number of likely N-dealkylation sites (N-methyl/N-ethyl adjacent to an activating group) is 1. The first-order chi connectivity index (χ1) is 7.99. The number of amides is 1. The highest BCUT2D eigenvalue weighted by atomic mass is 16.5. The largest absolute Gasteiger partial charge is 0.496 e. The molecule has 17 heavy (non-hydrogen) atoms. The summed E-state index contributed by atoms with van der Waals surface area (Å²) in [7, 11) is 2.92. The maximum absolute atomic E-state index is 12.1. The maximum Gasteiger partial charge on any atom is 0.326 e. The first-order valence-corrected chi connectivity index (χ1v) is 5.12. The Morgan fingerprint density at radius 1 is 1.35 bits per heavy atom. The molecule has 0 aromatic heterocycles. The predicted octanol–water partition coefficient (Wildman–Crippen LogP) is 1.24. The molecule has 1 amide bonds. The zero-order valence-corrected chi connectivity index (χ0v) is 10.0. The van der Waals surface area contributed by atoms with Crippen molar-refractivity contribution in [3.05, 3.63) is 29.8 Å². The van der Waals surface area contributed by atoms with E-state index >= 15 is 0 Å². The standard InChI is InChI=1S/C12H15NO4/c1-8(12(15)16)13(2)11(14)9-6-4-5-7-10(9)17-3/h4-8H,1-3H3,(H,15,16). The minimum atomic E-state index is -1.05. The van der Waals surface area contributed by atoms with Crippen LogP contribution < -0.4 is 4.74 Å². The van der Waals surface area contributed by atoms with Crippen molar-refractivity contribution in [3.63, 3.8) is 0 Å². The fraction of sp³-hybridized carbons (Fsp3) is 0.333. The van der Waals surface area contributed by atoms with Crippen LogP contribution >= 0.6 is 0 Å². The third kappa shape index (κ3) is 2.75. The molecule has 0 aliphatic carbocycles. The highest BCUT2D eigenvalue weighted by Gasteiger charge is 2.24.